The van der Waals surface area contributed by atoms with E-state index >= 15 is 0 Å². The molecule has 0 radical (unpaired) electrons. The van der Waals surface area contributed by atoms with Crippen LogP contribution in [-0.4, -0.2) is 23.0 Å². The van der Waals surface area contributed by atoms with Gasteiger partial charge in [0.05, 0.1) is 11.0 Å². The van der Waals surface area contributed by atoms with Crippen molar-refractivity contribution in [3.63, 3.8) is 0 Å². The maximum Gasteiger partial charge on any atom is 0.355 e. The summed E-state index contributed by atoms with van der Waals surface area (Å²) >= 11 is 41.8. The van der Waals surface area contributed by atoms with Crippen LogP contribution in [0.2, 0.25) is 0 Å². The molecule has 76 valence electrons. The Morgan fingerprint density at radius 1 is 0.583 bits per heavy atom. The maximum absolute atomic E-state index is 5.26. The Morgan fingerprint density at radius 2 is 0.667 bits per heavy atom. The lowest BCUT2D eigenvalue weighted by Gasteiger charge is -1.96. The van der Waals surface area contributed by atoms with Crippen LogP contribution in [0.15, 0.2) is 0 Å². The number of rotatable bonds is 2. The number of hydrogen-bond acceptors (Lipinski definition) is 0. The lowest BCUT2D eigenvalue weighted by Crippen LogP contribution is -2.10. The lowest BCUT2D eigenvalue weighted by atomic mass is 11.9. The van der Waals surface area contributed by atoms with Crippen LogP contribution in [0.4, 0.5) is 0 Å². The van der Waals surface area contributed by atoms with Gasteiger partial charge < -0.3 is 0 Å². The molecule has 0 amide bonds. The van der Waals surface area contributed by atoms with Crippen LogP contribution in [0.5, 0.6) is 0 Å². The molecule has 12 heavy (non-hydrogen) atoms. The van der Waals surface area contributed by atoms with E-state index in [2.05, 4.69) is 0 Å². The minimum Gasteiger partial charge on any atom is -0.126 e. The molecule has 0 aliphatic carbocycles. The van der Waals surface area contributed by atoms with Crippen molar-refractivity contribution in [2.24, 2.45) is 0 Å². The van der Waals surface area contributed by atoms with Gasteiger partial charge in [-0.05, 0) is 0 Å². The third-order valence-corrected chi connectivity index (χ3v) is 8.18. The molecule has 0 spiro atoms. The molecule has 0 saturated heterocycles. The quantitative estimate of drug-likeness (QED) is 0.372. The number of hydrogen-bond donors (Lipinski definition) is 0. The molecule has 0 nitrogen and oxygen atoms in total. The molecule has 0 aromatic heterocycles. The predicted molar refractivity (Wildman–Crippen MR) is 68.1 cm³/mol. The van der Waals surface area contributed by atoms with Gasteiger partial charge in [0.2, 0.25) is 0 Å². The summed E-state index contributed by atoms with van der Waals surface area (Å²) in [5, 5.41) is 0. The van der Waals surface area contributed by atoms with Crippen molar-refractivity contribution in [1.29, 1.82) is 0 Å². The summed E-state index contributed by atoms with van der Waals surface area (Å²) in [6.45, 7) is 0. The molecule has 0 rings (SSSR count). The third kappa shape index (κ3) is 23.0. The van der Waals surface area contributed by atoms with Gasteiger partial charge >= 0.3 is 12.0 Å². The predicted octanol–water partition coefficient (Wildman–Crippen LogP) is 4.84. The van der Waals surface area contributed by atoms with Gasteiger partial charge in [-0.2, -0.15) is 0 Å². The first kappa shape index (κ1) is 17.2. The fourth-order valence-electron chi connectivity index (χ4n) is 0. The number of halogens is 8. The Kier molecular flexibility index (Phi) is 11.4. The fraction of sp³-hybridized carbons (Fsp3) is 1.00. The Hall–Kier alpha value is 2.75. The molecule has 0 saturated carbocycles. The first-order valence-corrected chi connectivity index (χ1v) is 13.9. The molecular weight excluding hydrogens is 364 g/mol. The summed E-state index contributed by atoms with van der Waals surface area (Å²) in [5.74, 6) is 0. The van der Waals surface area contributed by atoms with Crippen molar-refractivity contribution < 1.29 is 0 Å². The van der Waals surface area contributed by atoms with Crippen molar-refractivity contribution in [2.75, 3.05) is 11.0 Å². The average molecular weight is 368 g/mol. The van der Waals surface area contributed by atoms with E-state index in [1.54, 1.807) is 0 Å². The Morgan fingerprint density at radius 3 is 0.667 bits per heavy atom. The van der Waals surface area contributed by atoms with E-state index in [9.17, 15) is 0 Å². The maximum atomic E-state index is 5.26. The van der Waals surface area contributed by atoms with Gasteiger partial charge in [0, 0.05) is 0 Å². The van der Waals surface area contributed by atoms with Crippen molar-refractivity contribution >= 4 is 102 Å². The highest BCUT2D eigenvalue weighted by Gasteiger charge is 2.22. The largest absolute Gasteiger partial charge is 0.355 e. The van der Waals surface area contributed by atoms with Gasteiger partial charge in [-0.3, -0.25) is 0 Å². The van der Waals surface area contributed by atoms with E-state index in [-0.39, 0.29) is 11.0 Å². The molecule has 0 fully saturated rings. The van der Waals surface area contributed by atoms with Gasteiger partial charge in [-0.25, -0.2) is 0 Å². The molecule has 0 unspecified atom stereocenters. The highest BCUT2D eigenvalue weighted by Crippen LogP contribution is 2.20. The summed E-state index contributed by atoms with van der Waals surface area (Å²) in [4.78, 5) is 0. The van der Waals surface area contributed by atoms with E-state index < -0.39 is 12.0 Å². The summed E-state index contributed by atoms with van der Waals surface area (Å²) < 4.78 is 0. The second kappa shape index (κ2) is 7.97. The monoisotopic (exact) mass is 364 g/mol. The van der Waals surface area contributed by atoms with E-state index in [4.69, 9.17) is 89.7 Å². The standard InChI is InChI=1S/2CH2Cl4Si/c2*2-1-6(3,4)5/h2*1H2. The first-order chi connectivity index (χ1) is 5.12. The summed E-state index contributed by atoms with van der Waals surface area (Å²) in [7, 11) is 0. The van der Waals surface area contributed by atoms with E-state index in [0.29, 0.717) is 0 Å². The highest BCUT2D eigenvalue weighted by atomic mass is 35.8. The summed E-state index contributed by atoms with van der Waals surface area (Å²) in [6, 6.07) is -4.90. The molecule has 0 aliphatic rings. The Balaban J connectivity index is 0. The summed E-state index contributed by atoms with van der Waals surface area (Å²) in [6.07, 6.45) is 0. The average Bonchev–Trinajstić information content (AvgIpc) is 1.86. The third-order valence-electron chi connectivity index (χ3n) is 0.303. The van der Waals surface area contributed by atoms with E-state index in [1.165, 1.54) is 0 Å². The molecule has 0 aromatic rings. The van der Waals surface area contributed by atoms with Crippen LogP contribution >= 0.6 is 89.7 Å². The van der Waals surface area contributed by atoms with Gasteiger partial charge in [-0.15, -0.1) is 89.7 Å². The first-order valence-electron chi connectivity index (χ1n) is 2.38. The zero-order valence-electron chi connectivity index (χ0n) is 5.44. The van der Waals surface area contributed by atoms with Gasteiger partial charge in [-0.1, -0.05) is 0 Å². The smallest absolute Gasteiger partial charge is 0.126 e. The SMILES string of the molecule is ClC[Si](Cl)(Cl)Cl.ClC[Si](Cl)(Cl)Cl. The molecule has 0 aliphatic heterocycles. The Labute approximate surface area is 112 Å². The van der Waals surface area contributed by atoms with Crippen molar-refractivity contribution in [3.05, 3.63) is 0 Å². The number of alkyl halides is 2. The van der Waals surface area contributed by atoms with Gasteiger partial charge in [0.25, 0.3) is 0 Å². The molecule has 0 atom stereocenters. The van der Waals surface area contributed by atoms with Crippen LogP contribution in [0.1, 0.15) is 0 Å². The van der Waals surface area contributed by atoms with Crippen LogP contribution in [-0.2, 0) is 0 Å². The molecule has 0 aromatic carbocycles. The molecule has 0 N–H and O–H groups in total. The zero-order chi connectivity index (χ0) is 10.4. The van der Waals surface area contributed by atoms with Crippen LogP contribution in [0, 0.1) is 0 Å². The van der Waals surface area contributed by atoms with Gasteiger partial charge in [0.1, 0.15) is 0 Å². The normalized spacial score (nSPS) is 12.0. The van der Waals surface area contributed by atoms with Crippen molar-refractivity contribution in [3.8, 4) is 0 Å². The van der Waals surface area contributed by atoms with Crippen LogP contribution in [0.25, 0.3) is 0 Å². The minimum atomic E-state index is -2.45. The topological polar surface area (TPSA) is 0 Å². The molecular formula is C2H4Cl8Si2. The van der Waals surface area contributed by atoms with E-state index in [1.807, 2.05) is 0 Å². The molecule has 0 heterocycles. The summed E-state index contributed by atoms with van der Waals surface area (Å²) in [5.41, 5.74) is 0.356. The van der Waals surface area contributed by atoms with E-state index in [0.717, 1.165) is 0 Å². The highest BCUT2D eigenvalue weighted by molar-refractivity contribution is 7.66. The molecule has 0 bridgehead atoms. The lowest BCUT2D eigenvalue weighted by molar-refractivity contribution is 2.13. The zero-order valence-corrected chi connectivity index (χ0v) is 13.5. The van der Waals surface area contributed by atoms with Crippen molar-refractivity contribution in [2.45, 2.75) is 0 Å². The van der Waals surface area contributed by atoms with Crippen molar-refractivity contribution in [1.82, 2.24) is 0 Å². The second-order valence-electron chi connectivity index (χ2n) is 1.50. The fourth-order valence-corrected chi connectivity index (χ4v) is 0. The van der Waals surface area contributed by atoms with Crippen LogP contribution in [0.3, 0.4) is 0 Å². The Bertz CT molecular complexity index is 88.6. The minimum absolute atomic E-state index is 0.178. The van der Waals surface area contributed by atoms with Crippen LogP contribution < -0.4 is 0 Å². The second-order valence-corrected chi connectivity index (χ2v) is 21.2. The van der Waals surface area contributed by atoms with Gasteiger partial charge in [0.15, 0.2) is 0 Å². The molecule has 10 heteroatoms.